The maximum absolute atomic E-state index is 13.6. The van der Waals surface area contributed by atoms with Crippen molar-refractivity contribution in [1.29, 1.82) is 0 Å². The average molecular weight is 265 g/mol. The van der Waals surface area contributed by atoms with E-state index in [0.29, 0.717) is 17.1 Å². The molecule has 18 heavy (non-hydrogen) atoms. The zero-order chi connectivity index (χ0) is 13.1. The molecule has 0 aliphatic rings. The lowest BCUT2D eigenvalue weighted by Crippen LogP contribution is -1.95. The van der Waals surface area contributed by atoms with Gasteiger partial charge in [0.1, 0.15) is 5.75 Å². The molecule has 92 valence electrons. The molecule has 0 amide bonds. The zero-order valence-electron chi connectivity index (χ0n) is 9.61. The first kappa shape index (κ1) is 12.6. The van der Waals surface area contributed by atoms with Gasteiger partial charge in [0.2, 0.25) is 0 Å². The van der Waals surface area contributed by atoms with Gasteiger partial charge in [-0.15, -0.1) is 0 Å². The Morgan fingerprint density at radius 2 is 2.06 bits per heavy atom. The number of aldehydes is 1. The van der Waals surface area contributed by atoms with Gasteiger partial charge in [-0.2, -0.15) is 0 Å². The molecule has 4 heteroatoms. The molecule has 0 unspecified atom stereocenters. The second-order valence-corrected chi connectivity index (χ2v) is 4.22. The largest absolute Gasteiger partial charge is 0.453 e. The minimum absolute atomic E-state index is 0.0714. The summed E-state index contributed by atoms with van der Waals surface area (Å²) in [5, 5.41) is 0.573. The molecular formula is C14H10ClFO2. The van der Waals surface area contributed by atoms with Gasteiger partial charge in [0, 0.05) is 5.02 Å². The van der Waals surface area contributed by atoms with Crippen molar-refractivity contribution < 1.29 is 13.9 Å². The summed E-state index contributed by atoms with van der Waals surface area (Å²) in [5.74, 6) is -0.181. The highest BCUT2D eigenvalue weighted by Crippen LogP contribution is 2.30. The molecule has 0 fully saturated rings. The number of carbonyl (C=O) groups is 1. The van der Waals surface area contributed by atoms with Gasteiger partial charge < -0.3 is 4.74 Å². The molecule has 0 spiro atoms. The summed E-state index contributed by atoms with van der Waals surface area (Å²) in [5.41, 5.74) is 0.937. The summed E-state index contributed by atoms with van der Waals surface area (Å²) in [6, 6.07) is 9.19. The number of halogens is 2. The van der Waals surface area contributed by atoms with Crippen molar-refractivity contribution in [3.63, 3.8) is 0 Å². The molecule has 0 atom stereocenters. The van der Waals surface area contributed by atoms with Crippen molar-refractivity contribution in [1.82, 2.24) is 0 Å². The molecule has 2 nitrogen and oxygen atoms in total. The predicted octanol–water partition coefficient (Wildman–Crippen LogP) is 4.39. The summed E-state index contributed by atoms with van der Waals surface area (Å²) in [6.45, 7) is 1.79. The molecular weight excluding hydrogens is 255 g/mol. The van der Waals surface area contributed by atoms with Crippen LogP contribution in [0.15, 0.2) is 36.4 Å². The van der Waals surface area contributed by atoms with Gasteiger partial charge in [-0.1, -0.05) is 17.7 Å². The maximum atomic E-state index is 13.6. The lowest BCUT2D eigenvalue weighted by Gasteiger charge is -2.11. The summed E-state index contributed by atoms with van der Waals surface area (Å²) < 4.78 is 19.1. The molecule has 2 rings (SSSR count). The van der Waals surface area contributed by atoms with Gasteiger partial charge >= 0.3 is 0 Å². The van der Waals surface area contributed by atoms with E-state index >= 15 is 0 Å². The Balaban J connectivity index is 2.42. The third kappa shape index (κ3) is 2.51. The number of para-hydroxylation sites is 1. The minimum Gasteiger partial charge on any atom is -0.453 e. The van der Waals surface area contributed by atoms with E-state index in [1.54, 1.807) is 25.1 Å². The number of hydrogen-bond donors (Lipinski definition) is 0. The number of carbonyl (C=O) groups excluding carboxylic acids is 1. The van der Waals surface area contributed by atoms with Crippen molar-refractivity contribution in [3.05, 3.63) is 58.4 Å². The van der Waals surface area contributed by atoms with Gasteiger partial charge in [0.15, 0.2) is 17.9 Å². The van der Waals surface area contributed by atoms with E-state index in [2.05, 4.69) is 0 Å². The number of aryl methyl sites for hydroxylation is 1. The van der Waals surface area contributed by atoms with Crippen LogP contribution in [0.1, 0.15) is 15.9 Å². The lowest BCUT2D eigenvalue weighted by atomic mass is 10.2. The van der Waals surface area contributed by atoms with Gasteiger partial charge in [0.05, 0.1) is 5.56 Å². The molecule has 0 radical (unpaired) electrons. The van der Waals surface area contributed by atoms with Gasteiger partial charge in [0.25, 0.3) is 0 Å². The first-order valence-electron chi connectivity index (χ1n) is 5.29. The number of hydrogen-bond acceptors (Lipinski definition) is 2. The van der Waals surface area contributed by atoms with E-state index in [0.717, 1.165) is 5.56 Å². The average Bonchev–Trinajstić information content (AvgIpc) is 2.34. The van der Waals surface area contributed by atoms with Crippen LogP contribution >= 0.6 is 11.6 Å². The van der Waals surface area contributed by atoms with E-state index < -0.39 is 5.82 Å². The van der Waals surface area contributed by atoms with E-state index in [-0.39, 0.29) is 11.3 Å². The third-order valence-corrected chi connectivity index (χ3v) is 2.71. The van der Waals surface area contributed by atoms with E-state index in [1.807, 2.05) is 0 Å². The Morgan fingerprint density at radius 3 is 2.72 bits per heavy atom. The van der Waals surface area contributed by atoms with Crippen molar-refractivity contribution in [2.75, 3.05) is 0 Å². The lowest BCUT2D eigenvalue weighted by molar-refractivity contribution is 0.112. The number of ether oxygens (including phenoxy) is 1. The normalized spacial score (nSPS) is 10.2. The van der Waals surface area contributed by atoms with Crippen LogP contribution in [0.3, 0.4) is 0 Å². The predicted molar refractivity (Wildman–Crippen MR) is 68.1 cm³/mol. The monoisotopic (exact) mass is 264 g/mol. The summed E-state index contributed by atoms with van der Waals surface area (Å²) >= 11 is 5.82. The van der Waals surface area contributed by atoms with Crippen LogP contribution < -0.4 is 4.74 Å². The topological polar surface area (TPSA) is 26.3 Å². The fourth-order valence-electron chi connectivity index (χ4n) is 1.56. The van der Waals surface area contributed by atoms with E-state index in [1.165, 1.54) is 18.2 Å². The molecule has 2 aromatic carbocycles. The summed E-state index contributed by atoms with van der Waals surface area (Å²) in [4.78, 5) is 10.8. The smallest absolute Gasteiger partial charge is 0.173 e. The molecule has 0 aliphatic carbocycles. The van der Waals surface area contributed by atoms with Crippen LogP contribution in [0.4, 0.5) is 4.39 Å². The van der Waals surface area contributed by atoms with Crippen LogP contribution in [-0.2, 0) is 0 Å². The van der Waals surface area contributed by atoms with Crippen molar-refractivity contribution >= 4 is 17.9 Å². The Kier molecular flexibility index (Phi) is 3.63. The molecule has 0 saturated carbocycles. The molecule has 0 aromatic heterocycles. The van der Waals surface area contributed by atoms with E-state index in [4.69, 9.17) is 16.3 Å². The fourth-order valence-corrected chi connectivity index (χ4v) is 1.79. The van der Waals surface area contributed by atoms with Crippen LogP contribution in [0.25, 0.3) is 0 Å². The van der Waals surface area contributed by atoms with Crippen molar-refractivity contribution in [2.45, 2.75) is 6.92 Å². The second kappa shape index (κ2) is 5.19. The van der Waals surface area contributed by atoms with Crippen LogP contribution in [-0.4, -0.2) is 6.29 Å². The fraction of sp³-hybridized carbons (Fsp3) is 0.0714. The Bertz CT molecular complexity index is 596. The van der Waals surface area contributed by atoms with Gasteiger partial charge in [-0.3, -0.25) is 4.79 Å². The van der Waals surface area contributed by atoms with E-state index in [9.17, 15) is 9.18 Å². The standard InChI is InChI=1S/C14H10ClFO2/c1-9-7-11(15)5-6-13(9)18-14-10(8-17)3-2-4-12(14)16/h2-8H,1H3. The summed E-state index contributed by atoms with van der Waals surface area (Å²) in [7, 11) is 0. The molecule has 0 aliphatic heterocycles. The maximum Gasteiger partial charge on any atom is 0.173 e. The van der Waals surface area contributed by atoms with Crippen molar-refractivity contribution in [3.8, 4) is 11.5 Å². The molecule has 2 aromatic rings. The molecule has 0 heterocycles. The van der Waals surface area contributed by atoms with Crippen molar-refractivity contribution in [2.24, 2.45) is 0 Å². The van der Waals surface area contributed by atoms with Crippen LogP contribution in [0, 0.1) is 12.7 Å². The highest BCUT2D eigenvalue weighted by Gasteiger charge is 2.11. The SMILES string of the molecule is Cc1cc(Cl)ccc1Oc1c(F)cccc1C=O. The summed E-state index contributed by atoms with van der Waals surface area (Å²) in [6.07, 6.45) is 0.559. The Morgan fingerprint density at radius 1 is 1.28 bits per heavy atom. The zero-order valence-corrected chi connectivity index (χ0v) is 10.4. The van der Waals surface area contributed by atoms with Crippen LogP contribution in [0.2, 0.25) is 5.02 Å². The molecule has 0 saturated heterocycles. The van der Waals surface area contributed by atoms with Crippen LogP contribution in [0.5, 0.6) is 11.5 Å². The first-order chi connectivity index (χ1) is 8.61. The quantitative estimate of drug-likeness (QED) is 0.769. The first-order valence-corrected chi connectivity index (χ1v) is 5.67. The number of rotatable bonds is 3. The van der Waals surface area contributed by atoms with Gasteiger partial charge in [-0.25, -0.2) is 4.39 Å². The van der Waals surface area contributed by atoms with Gasteiger partial charge in [-0.05, 0) is 42.8 Å². The molecule has 0 bridgehead atoms. The molecule has 0 N–H and O–H groups in total. The third-order valence-electron chi connectivity index (χ3n) is 2.47. The highest BCUT2D eigenvalue weighted by atomic mass is 35.5. The second-order valence-electron chi connectivity index (χ2n) is 3.79. The Labute approximate surface area is 109 Å². The minimum atomic E-state index is -0.575. The Hall–Kier alpha value is -1.87. The highest BCUT2D eigenvalue weighted by molar-refractivity contribution is 6.30. The number of benzene rings is 2.